The largest absolute Gasteiger partial charge is 0.380 e. The molecule has 1 N–H and O–H groups in total. The van der Waals surface area contributed by atoms with Gasteiger partial charge in [-0.1, -0.05) is 12.1 Å². The summed E-state index contributed by atoms with van der Waals surface area (Å²) in [5.74, 6) is -1.07. The second-order valence-corrected chi connectivity index (χ2v) is 5.35. The van der Waals surface area contributed by atoms with Crippen molar-refractivity contribution >= 4 is 21.6 Å². The van der Waals surface area contributed by atoms with Gasteiger partial charge in [-0.3, -0.25) is 0 Å². The van der Waals surface area contributed by atoms with E-state index in [1.807, 2.05) is 26.0 Å². The molecule has 0 aliphatic carbocycles. The van der Waals surface area contributed by atoms with Gasteiger partial charge >= 0.3 is 0 Å². The first-order chi connectivity index (χ1) is 8.99. The molecule has 100 valence electrons. The van der Waals surface area contributed by atoms with Crippen LogP contribution in [0.1, 0.15) is 16.7 Å². The maximum absolute atomic E-state index is 13.5. The Kier molecular flexibility index (Phi) is 4.20. The first-order valence-electron chi connectivity index (χ1n) is 5.92. The van der Waals surface area contributed by atoms with Gasteiger partial charge in [-0.2, -0.15) is 0 Å². The van der Waals surface area contributed by atoms with Crippen LogP contribution in [0.4, 0.5) is 14.5 Å². The summed E-state index contributed by atoms with van der Waals surface area (Å²) in [4.78, 5) is 0. The van der Waals surface area contributed by atoms with Crippen LogP contribution in [0.3, 0.4) is 0 Å². The number of aryl methyl sites for hydroxylation is 2. The molecule has 0 aliphatic rings. The lowest BCUT2D eigenvalue weighted by molar-refractivity contribution is 0.560. The molecule has 0 unspecified atom stereocenters. The highest BCUT2D eigenvalue weighted by atomic mass is 79.9. The highest BCUT2D eigenvalue weighted by Crippen LogP contribution is 2.28. The van der Waals surface area contributed by atoms with Crippen LogP contribution < -0.4 is 5.32 Å². The van der Waals surface area contributed by atoms with Crippen molar-refractivity contribution in [1.29, 1.82) is 0 Å². The van der Waals surface area contributed by atoms with Gasteiger partial charge in [0.05, 0.1) is 5.69 Å². The van der Waals surface area contributed by atoms with Crippen molar-refractivity contribution in [3.8, 4) is 0 Å². The number of nitrogens with one attached hydrogen (secondary N) is 1. The molecule has 0 bridgehead atoms. The van der Waals surface area contributed by atoms with Crippen molar-refractivity contribution < 1.29 is 8.78 Å². The summed E-state index contributed by atoms with van der Waals surface area (Å²) in [7, 11) is 0. The molecule has 19 heavy (non-hydrogen) atoms. The minimum Gasteiger partial charge on any atom is -0.380 e. The van der Waals surface area contributed by atoms with Crippen LogP contribution >= 0.6 is 15.9 Å². The van der Waals surface area contributed by atoms with E-state index < -0.39 is 11.6 Å². The summed E-state index contributed by atoms with van der Waals surface area (Å²) < 4.78 is 27.9. The summed E-state index contributed by atoms with van der Waals surface area (Å²) in [5.41, 5.74) is 3.07. The number of rotatable bonds is 3. The molecule has 0 aromatic heterocycles. The molecule has 0 saturated heterocycles. The molecule has 4 heteroatoms. The molecule has 0 spiro atoms. The lowest BCUT2D eigenvalue weighted by atomic mass is 10.1. The second-order valence-electron chi connectivity index (χ2n) is 4.49. The summed E-state index contributed by atoms with van der Waals surface area (Å²) in [6, 6.07) is 7.87. The number of hydrogen-bond donors (Lipinski definition) is 1. The van der Waals surface area contributed by atoms with Crippen LogP contribution in [0.25, 0.3) is 0 Å². The van der Waals surface area contributed by atoms with Gasteiger partial charge in [-0.05, 0) is 59.1 Å². The molecule has 1 nitrogen and oxygen atoms in total. The number of benzene rings is 2. The van der Waals surface area contributed by atoms with E-state index in [0.29, 0.717) is 0 Å². The molecule has 2 rings (SSSR count). The standard InChI is InChI=1S/C15H14BrF2N/c1-9-6-10(2)15(12(16)7-9)19-8-11-13(17)4-3-5-14(11)18/h3-7,19H,8H2,1-2H3. The molecule has 0 saturated carbocycles. The summed E-state index contributed by atoms with van der Waals surface area (Å²) in [5, 5.41) is 3.08. The van der Waals surface area contributed by atoms with E-state index in [4.69, 9.17) is 0 Å². The third kappa shape index (κ3) is 3.13. The monoisotopic (exact) mass is 325 g/mol. The number of anilines is 1. The average Bonchev–Trinajstić information content (AvgIpc) is 2.31. The van der Waals surface area contributed by atoms with Gasteiger partial charge in [0.25, 0.3) is 0 Å². The molecule has 0 aliphatic heterocycles. The Morgan fingerprint density at radius 1 is 1.11 bits per heavy atom. The van der Waals surface area contributed by atoms with Crippen LogP contribution in [0, 0.1) is 25.5 Å². The molecule has 0 atom stereocenters. The van der Waals surface area contributed by atoms with E-state index in [2.05, 4.69) is 21.2 Å². The predicted molar refractivity (Wildman–Crippen MR) is 77.3 cm³/mol. The van der Waals surface area contributed by atoms with Crippen LogP contribution in [0.15, 0.2) is 34.8 Å². The molecular formula is C15H14BrF2N. The molecule has 0 radical (unpaired) electrons. The van der Waals surface area contributed by atoms with Gasteiger partial charge < -0.3 is 5.32 Å². The van der Waals surface area contributed by atoms with Gasteiger partial charge in [-0.15, -0.1) is 0 Å². The topological polar surface area (TPSA) is 12.0 Å². The highest BCUT2D eigenvalue weighted by molar-refractivity contribution is 9.10. The van der Waals surface area contributed by atoms with Crippen molar-refractivity contribution in [2.45, 2.75) is 20.4 Å². The minimum atomic E-state index is -0.534. The Bertz CT molecular complexity index is 568. The van der Waals surface area contributed by atoms with Crippen molar-refractivity contribution in [3.63, 3.8) is 0 Å². The van der Waals surface area contributed by atoms with Crippen molar-refractivity contribution in [1.82, 2.24) is 0 Å². The lowest BCUT2D eigenvalue weighted by Crippen LogP contribution is -2.06. The maximum atomic E-state index is 13.5. The number of halogens is 3. The van der Waals surface area contributed by atoms with Gasteiger partial charge in [0.15, 0.2) is 0 Å². The van der Waals surface area contributed by atoms with E-state index in [-0.39, 0.29) is 12.1 Å². The first kappa shape index (κ1) is 14.0. The Balaban J connectivity index is 2.24. The second kappa shape index (κ2) is 5.70. The van der Waals surface area contributed by atoms with Crippen molar-refractivity contribution in [2.75, 3.05) is 5.32 Å². The third-order valence-corrected chi connectivity index (χ3v) is 3.56. The SMILES string of the molecule is Cc1cc(C)c(NCc2c(F)cccc2F)c(Br)c1. The van der Waals surface area contributed by atoms with E-state index in [9.17, 15) is 8.78 Å². The van der Waals surface area contributed by atoms with Crippen LogP contribution in [0.2, 0.25) is 0 Å². The Morgan fingerprint density at radius 2 is 1.74 bits per heavy atom. The summed E-state index contributed by atoms with van der Waals surface area (Å²) in [6.45, 7) is 4.07. The fraction of sp³-hybridized carbons (Fsp3) is 0.200. The molecule has 0 amide bonds. The van der Waals surface area contributed by atoms with Crippen LogP contribution in [-0.2, 0) is 6.54 Å². The Hall–Kier alpha value is -1.42. The van der Waals surface area contributed by atoms with Crippen molar-refractivity contribution in [3.05, 3.63) is 63.1 Å². The molecule has 0 heterocycles. The van der Waals surface area contributed by atoms with Crippen LogP contribution in [-0.4, -0.2) is 0 Å². The Morgan fingerprint density at radius 3 is 2.32 bits per heavy atom. The Labute approximate surface area is 119 Å². The molecule has 2 aromatic rings. The fourth-order valence-electron chi connectivity index (χ4n) is 2.02. The molecule has 2 aromatic carbocycles. The summed E-state index contributed by atoms with van der Waals surface area (Å²) in [6.07, 6.45) is 0. The zero-order valence-electron chi connectivity index (χ0n) is 10.7. The quantitative estimate of drug-likeness (QED) is 0.841. The zero-order chi connectivity index (χ0) is 14.0. The third-order valence-electron chi connectivity index (χ3n) is 2.94. The van der Waals surface area contributed by atoms with Crippen molar-refractivity contribution in [2.24, 2.45) is 0 Å². The maximum Gasteiger partial charge on any atom is 0.131 e. The average molecular weight is 326 g/mol. The summed E-state index contributed by atoms with van der Waals surface area (Å²) >= 11 is 3.46. The minimum absolute atomic E-state index is 0.0503. The van der Waals surface area contributed by atoms with E-state index in [1.165, 1.54) is 18.2 Å². The van der Waals surface area contributed by atoms with Crippen LogP contribution in [0.5, 0.6) is 0 Å². The normalized spacial score (nSPS) is 10.6. The zero-order valence-corrected chi connectivity index (χ0v) is 12.3. The van der Waals surface area contributed by atoms with Gasteiger partial charge in [0.2, 0.25) is 0 Å². The smallest absolute Gasteiger partial charge is 0.131 e. The van der Waals surface area contributed by atoms with Gasteiger partial charge in [0.1, 0.15) is 11.6 Å². The van der Waals surface area contributed by atoms with E-state index in [0.717, 1.165) is 21.3 Å². The molecule has 0 fully saturated rings. The molecular weight excluding hydrogens is 312 g/mol. The highest BCUT2D eigenvalue weighted by Gasteiger charge is 2.10. The first-order valence-corrected chi connectivity index (χ1v) is 6.72. The fourth-order valence-corrected chi connectivity index (χ4v) is 2.83. The van der Waals surface area contributed by atoms with E-state index >= 15 is 0 Å². The van der Waals surface area contributed by atoms with E-state index in [1.54, 1.807) is 0 Å². The predicted octanol–water partition coefficient (Wildman–Crippen LogP) is 4.96. The lowest BCUT2D eigenvalue weighted by Gasteiger charge is -2.13. The van der Waals surface area contributed by atoms with Gasteiger partial charge in [-0.25, -0.2) is 8.78 Å². The van der Waals surface area contributed by atoms with Gasteiger partial charge in [0, 0.05) is 16.6 Å². The number of hydrogen-bond acceptors (Lipinski definition) is 1.